The summed E-state index contributed by atoms with van der Waals surface area (Å²) >= 11 is 3.24. The molecule has 0 radical (unpaired) electrons. The van der Waals surface area contributed by atoms with E-state index in [9.17, 15) is 9.59 Å². The van der Waals surface area contributed by atoms with Crippen LogP contribution in [0.15, 0.2) is 22.7 Å². The number of urea groups is 1. The van der Waals surface area contributed by atoms with Gasteiger partial charge in [-0.3, -0.25) is 0 Å². The molecule has 1 aliphatic rings. The molecule has 1 aromatic carbocycles. The first-order valence-electron chi connectivity index (χ1n) is 6.50. The van der Waals surface area contributed by atoms with E-state index in [4.69, 9.17) is 9.84 Å². The predicted molar refractivity (Wildman–Crippen MR) is 81.7 cm³/mol. The molecule has 1 aromatic rings. The van der Waals surface area contributed by atoms with Crippen molar-refractivity contribution in [3.8, 4) is 0 Å². The fourth-order valence-electron chi connectivity index (χ4n) is 2.21. The third-order valence-electron chi connectivity index (χ3n) is 3.29. The Balaban J connectivity index is 2.17. The van der Waals surface area contributed by atoms with Gasteiger partial charge in [0.25, 0.3) is 0 Å². The van der Waals surface area contributed by atoms with Crippen LogP contribution in [0, 0.1) is 0 Å². The van der Waals surface area contributed by atoms with Crippen LogP contribution < -0.4 is 5.32 Å². The topological polar surface area (TPSA) is 78.9 Å². The van der Waals surface area contributed by atoms with E-state index in [2.05, 4.69) is 21.2 Å². The van der Waals surface area contributed by atoms with E-state index in [0.29, 0.717) is 29.9 Å². The first-order valence-corrected chi connectivity index (χ1v) is 7.29. The second kappa shape index (κ2) is 6.03. The van der Waals surface area contributed by atoms with Crippen LogP contribution in [0.25, 0.3) is 0 Å². The van der Waals surface area contributed by atoms with Gasteiger partial charge in [0.05, 0.1) is 24.3 Å². The zero-order valence-corrected chi connectivity index (χ0v) is 13.4. The minimum absolute atomic E-state index is 0.112. The number of nitrogens with one attached hydrogen (secondary N) is 1. The van der Waals surface area contributed by atoms with Gasteiger partial charge in [-0.25, -0.2) is 9.59 Å². The van der Waals surface area contributed by atoms with Crippen molar-refractivity contribution >= 4 is 33.6 Å². The van der Waals surface area contributed by atoms with Crippen molar-refractivity contribution in [2.45, 2.75) is 19.4 Å². The van der Waals surface area contributed by atoms with Gasteiger partial charge in [0.1, 0.15) is 0 Å². The minimum Gasteiger partial charge on any atom is -0.478 e. The standard InChI is InChI=1S/C14H17BrN2O4/c1-14(2)8-21-4-3-17(14)13(20)16-11-6-9(12(18)19)5-10(15)7-11/h5-7H,3-4,8H2,1-2H3,(H,16,20)(H,18,19). The van der Waals surface area contributed by atoms with Gasteiger partial charge in [0.15, 0.2) is 0 Å². The second-order valence-corrected chi connectivity index (χ2v) is 6.40. The van der Waals surface area contributed by atoms with Crippen LogP contribution in [0.4, 0.5) is 10.5 Å². The number of carboxylic acid groups (broad SMARTS) is 1. The number of hydrogen-bond acceptors (Lipinski definition) is 3. The second-order valence-electron chi connectivity index (χ2n) is 5.48. The van der Waals surface area contributed by atoms with E-state index in [0.717, 1.165) is 0 Å². The van der Waals surface area contributed by atoms with Gasteiger partial charge in [0, 0.05) is 16.7 Å². The van der Waals surface area contributed by atoms with Gasteiger partial charge in [0.2, 0.25) is 0 Å². The third kappa shape index (κ3) is 3.74. The lowest BCUT2D eigenvalue weighted by Crippen LogP contribution is -2.56. The summed E-state index contributed by atoms with van der Waals surface area (Å²) in [6.45, 7) is 5.32. The number of anilines is 1. The summed E-state index contributed by atoms with van der Waals surface area (Å²) in [5.74, 6) is -1.04. The average Bonchev–Trinajstić information content (AvgIpc) is 2.37. The lowest BCUT2D eigenvalue weighted by molar-refractivity contribution is -0.0249. The molecule has 0 aliphatic carbocycles. The molecule has 21 heavy (non-hydrogen) atoms. The monoisotopic (exact) mass is 356 g/mol. The molecule has 0 unspecified atom stereocenters. The number of carbonyl (C=O) groups is 2. The van der Waals surface area contributed by atoms with Crippen LogP contribution in [-0.2, 0) is 4.74 Å². The summed E-state index contributed by atoms with van der Waals surface area (Å²) in [6, 6.07) is 4.31. The smallest absolute Gasteiger partial charge is 0.335 e. The van der Waals surface area contributed by atoms with E-state index >= 15 is 0 Å². The van der Waals surface area contributed by atoms with Crippen LogP contribution in [0.5, 0.6) is 0 Å². The number of amides is 2. The number of nitrogens with zero attached hydrogens (tertiary/aromatic N) is 1. The molecule has 2 amide bonds. The van der Waals surface area contributed by atoms with Crippen molar-refractivity contribution in [3.05, 3.63) is 28.2 Å². The van der Waals surface area contributed by atoms with Crippen molar-refractivity contribution in [2.24, 2.45) is 0 Å². The summed E-state index contributed by atoms with van der Waals surface area (Å²) in [7, 11) is 0. The zero-order chi connectivity index (χ0) is 15.6. The molecule has 0 aromatic heterocycles. The van der Waals surface area contributed by atoms with Gasteiger partial charge in [-0.05, 0) is 32.0 Å². The lowest BCUT2D eigenvalue weighted by atomic mass is 10.0. The van der Waals surface area contributed by atoms with Crippen LogP contribution in [0.1, 0.15) is 24.2 Å². The Hall–Kier alpha value is -1.60. The molecular formula is C14H17BrN2O4. The first kappa shape index (κ1) is 15.8. The van der Waals surface area contributed by atoms with Crippen molar-refractivity contribution in [1.29, 1.82) is 0 Å². The van der Waals surface area contributed by atoms with E-state index in [1.807, 2.05) is 13.8 Å². The zero-order valence-electron chi connectivity index (χ0n) is 11.9. The Morgan fingerprint density at radius 1 is 1.38 bits per heavy atom. The molecular weight excluding hydrogens is 340 g/mol. The van der Waals surface area contributed by atoms with Crippen LogP contribution >= 0.6 is 15.9 Å². The van der Waals surface area contributed by atoms with Crippen LogP contribution in [-0.4, -0.2) is 47.3 Å². The summed E-state index contributed by atoms with van der Waals surface area (Å²) in [4.78, 5) is 25.1. The number of carbonyl (C=O) groups excluding carboxylic acids is 1. The molecule has 2 rings (SSSR count). The van der Waals surface area contributed by atoms with E-state index < -0.39 is 11.5 Å². The maximum absolute atomic E-state index is 12.4. The molecule has 0 saturated carbocycles. The van der Waals surface area contributed by atoms with Crippen LogP contribution in [0.3, 0.4) is 0 Å². The summed E-state index contributed by atoms with van der Waals surface area (Å²) in [5, 5.41) is 11.8. The summed E-state index contributed by atoms with van der Waals surface area (Å²) in [6.07, 6.45) is 0. The number of ether oxygens (including phenoxy) is 1. The lowest BCUT2D eigenvalue weighted by Gasteiger charge is -2.41. The number of hydrogen-bond donors (Lipinski definition) is 2. The van der Waals surface area contributed by atoms with Crippen molar-refractivity contribution in [1.82, 2.24) is 4.90 Å². The fourth-order valence-corrected chi connectivity index (χ4v) is 2.70. The van der Waals surface area contributed by atoms with Crippen molar-refractivity contribution < 1.29 is 19.4 Å². The van der Waals surface area contributed by atoms with Gasteiger partial charge < -0.3 is 20.1 Å². The van der Waals surface area contributed by atoms with E-state index in [-0.39, 0.29) is 11.6 Å². The molecule has 114 valence electrons. The highest BCUT2D eigenvalue weighted by Gasteiger charge is 2.34. The Morgan fingerprint density at radius 3 is 2.71 bits per heavy atom. The molecule has 1 fully saturated rings. The highest BCUT2D eigenvalue weighted by Crippen LogP contribution is 2.23. The number of halogens is 1. The number of carboxylic acids is 1. The molecule has 7 heteroatoms. The minimum atomic E-state index is -1.04. The molecule has 1 heterocycles. The molecule has 0 atom stereocenters. The first-order chi connectivity index (χ1) is 9.79. The SMILES string of the molecule is CC1(C)COCCN1C(=O)Nc1cc(Br)cc(C(=O)O)c1. The van der Waals surface area contributed by atoms with Gasteiger partial charge in [-0.2, -0.15) is 0 Å². The fraction of sp³-hybridized carbons (Fsp3) is 0.429. The molecule has 1 aliphatic heterocycles. The summed E-state index contributed by atoms with van der Waals surface area (Å²) in [5.41, 5.74) is 0.152. The molecule has 0 spiro atoms. The maximum atomic E-state index is 12.4. The normalized spacial score (nSPS) is 17.4. The quantitative estimate of drug-likeness (QED) is 0.853. The third-order valence-corrected chi connectivity index (χ3v) is 3.74. The number of benzene rings is 1. The number of rotatable bonds is 2. The Morgan fingerprint density at radius 2 is 2.10 bits per heavy atom. The Kier molecular flexibility index (Phi) is 4.53. The Bertz CT molecular complexity index is 574. The van der Waals surface area contributed by atoms with Gasteiger partial charge >= 0.3 is 12.0 Å². The van der Waals surface area contributed by atoms with E-state index in [1.165, 1.54) is 12.1 Å². The van der Waals surface area contributed by atoms with Gasteiger partial charge in [-0.1, -0.05) is 15.9 Å². The van der Waals surface area contributed by atoms with Crippen LogP contribution in [0.2, 0.25) is 0 Å². The highest BCUT2D eigenvalue weighted by atomic mass is 79.9. The largest absolute Gasteiger partial charge is 0.478 e. The van der Waals surface area contributed by atoms with Crippen molar-refractivity contribution in [3.63, 3.8) is 0 Å². The van der Waals surface area contributed by atoms with Gasteiger partial charge in [-0.15, -0.1) is 0 Å². The highest BCUT2D eigenvalue weighted by molar-refractivity contribution is 9.10. The van der Waals surface area contributed by atoms with E-state index in [1.54, 1.807) is 11.0 Å². The number of aromatic carboxylic acids is 1. The predicted octanol–water partition coefficient (Wildman–Crippen LogP) is 2.79. The Labute approximate surface area is 131 Å². The average molecular weight is 357 g/mol. The summed E-state index contributed by atoms with van der Waals surface area (Å²) < 4.78 is 5.97. The van der Waals surface area contributed by atoms with Crippen molar-refractivity contribution in [2.75, 3.05) is 25.1 Å². The number of morpholine rings is 1. The molecule has 2 N–H and O–H groups in total. The maximum Gasteiger partial charge on any atom is 0.335 e. The molecule has 1 saturated heterocycles. The molecule has 6 nitrogen and oxygen atoms in total. The molecule has 0 bridgehead atoms.